The number of hydrogen-bond donors (Lipinski definition) is 0. The van der Waals surface area contributed by atoms with Crippen LogP contribution in [0.5, 0.6) is 5.75 Å². The average Bonchev–Trinajstić information content (AvgIpc) is 3.28. The van der Waals surface area contributed by atoms with Crippen LogP contribution in [0.3, 0.4) is 0 Å². The molecule has 0 radical (unpaired) electrons. The lowest BCUT2D eigenvalue weighted by Crippen LogP contribution is -2.38. The summed E-state index contributed by atoms with van der Waals surface area (Å²) in [5.74, 6) is 0.0702. The van der Waals surface area contributed by atoms with Crippen LogP contribution >= 0.6 is 11.3 Å². The zero-order valence-corrected chi connectivity index (χ0v) is 16.7. The molecule has 0 bridgehead atoms. The van der Waals surface area contributed by atoms with Crippen molar-refractivity contribution >= 4 is 22.9 Å². The van der Waals surface area contributed by atoms with Crippen molar-refractivity contribution in [2.24, 2.45) is 0 Å². The van der Waals surface area contributed by atoms with Crippen LogP contribution in [0.2, 0.25) is 0 Å². The Bertz CT molecular complexity index is 1220. The van der Waals surface area contributed by atoms with Gasteiger partial charge in [0, 0.05) is 22.1 Å². The highest BCUT2D eigenvalue weighted by Gasteiger charge is 2.27. The van der Waals surface area contributed by atoms with E-state index in [1.165, 1.54) is 6.07 Å². The second-order valence-electron chi connectivity index (χ2n) is 6.95. The summed E-state index contributed by atoms with van der Waals surface area (Å²) in [6.45, 7) is 0.0906. The minimum Gasteiger partial charge on any atom is -0.482 e. The lowest BCUT2D eigenvalue weighted by molar-refractivity contribution is -0.121. The zero-order valence-electron chi connectivity index (χ0n) is 15.9. The number of carbonyl (C=O) groups is 1. The molecule has 0 fully saturated rings. The number of fused-ring (bicyclic) bond motifs is 1. The van der Waals surface area contributed by atoms with Crippen molar-refractivity contribution in [1.29, 1.82) is 0 Å². The van der Waals surface area contributed by atoms with Crippen LogP contribution in [0.25, 0.3) is 21.8 Å². The first-order valence-electron chi connectivity index (χ1n) is 9.51. The predicted octanol–water partition coefficient (Wildman–Crippen LogP) is 5.54. The smallest absolute Gasteiger partial charge is 0.265 e. The highest BCUT2D eigenvalue weighted by molar-refractivity contribution is 7.13. The zero-order chi connectivity index (χ0) is 20.5. The Morgan fingerprint density at radius 1 is 1.00 bits per heavy atom. The van der Waals surface area contributed by atoms with Crippen LogP contribution in [0.4, 0.5) is 10.1 Å². The molecular weight excluding hydrogens is 399 g/mol. The first kappa shape index (κ1) is 18.5. The van der Waals surface area contributed by atoms with E-state index in [0.29, 0.717) is 17.0 Å². The van der Waals surface area contributed by atoms with Gasteiger partial charge in [-0.25, -0.2) is 9.37 Å². The molecular formula is C24H17FN2O2S. The maximum atomic E-state index is 14.2. The molecule has 1 aromatic heterocycles. The molecule has 30 heavy (non-hydrogen) atoms. The van der Waals surface area contributed by atoms with Gasteiger partial charge < -0.3 is 9.64 Å². The topological polar surface area (TPSA) is 42.4 Å². The molecule has 148 valence electrons. The van der Waals surface area contributed by atoms with Crippen LogP contribution in [-0.4, -0.2) is 17.5 Å². The van der Waals surface area contributed by atoms with Gasteiger partial charge in [0.15, 0.2) is 6.61 Å². The predicted molar refractivity (Wildman–Crippen MR) is 116 cm³/mol. The Morgan fingerprint density at radius 2 is 1.80 bits per heavy atom. The molecule has 5 rings (SSSR count). The van der Waals surface area contributed by atoms with E-state index in [4.69, 9.17) is 9.72 Å². The Kier molecular flexibility index (Phi) is 4.77. The standard InChI is InChI=1S/C24H17FN2O2S/c25-19-9-5-4-8-18(19)13-27-21-12-17(10-11-22(21)29-14-23(27)28)20-15-30-24(26-20)16-6-2-1-3-7-16/h1-12,15H,13-14H2. The Morgan fingerprint density at radius 3 is 2.63 bits per heavy atom. The number of nitrogens with zero attached hydrogens (tertiary/aromatic N) is 2. The molecule has 1 amide bonds. The molecule has 0 unspecified atom stereocenters. The number of aromatic nitrogens is 1. The number of benzene rings is 3. The first-order chi connectivity index (χ1) is 14.7. The third kappa shape index (κ3) is 3.46. The van der Waals surface area contributed by atoms with Crippen LogP contribution < -0.4 is 9.64 Å². The monoisotopic (exact) mass is 416 g/mol. The number of rotatable bonds is 4. The summed E-state index contributed by atoms with van der Waals surface area (Å²) in [6.07, 6.45) is 0. The summed E-state index contributed by atoms with van der Waals surface area (Å²) >= 11 is 1.57. The van der Waals surface area contributed by atoms with Crippen LogP contribution in [0, 0.1) is 5.82 Å². The second-order valence-corrected chi connectivity index (χ2v) is 7.80. The van der Waals surface area contributed by atoms with Gasteiger partial charge in [0.2, 0.25) is 0 Å². The molecule has 4 aromatic rings. The lowest BCUT2D eigenvalue weighted by Gasteiger charge is -2.30. The van der Waals surface area contributed by atoms with Gasteiger partial charge in [-0.15, -0.1) is 11.3 Å². The van der Waals surface area contributed by atoms with E-state index in [-0.39, 0.29) is 24.9 Å². The molecule has 1 aliphatic heterocycles. The fourth-order valence-electron chi connectivity index (χ4n) is 3.45. The summed E-state index contributed by atoms with van der Waals surface area (Å²) in [5, 5.41) is 2.93. The van der Waals surface area contributed by atoms with Crippen molar-refractivity contribution in [3.63, 3.8) is 0 Å². The number of anilines is 1. The Hall–Kier alpha value is -3.51. The molecule has 0 atom stereocenters. The van der Waals surface area contributed by atoms with Gasteiger partial charge in [0.25, 0.3) is 5.91 Å². The van der Waals surface area contributed by atoms with E-state index in [1.807, 2.05) is 53.9 Å². The number of thiazole rings is 1. The fraction of sp³-hybridized carbons (Fsp3) is 0.0833. The average molecular weight is 416 g/mol. The maximum Gasteiger partial charge on any atom is 0.265 e. The van der Waals surface area contributed by atoms with Crippen molar-refractivity contribution < 1.29 is 13.9 Å². The molecule has 2 heterocycles. The van der Waals surface area contributed by atoms with E-state index < -0.39 is 0 Å². The van der Waals surface area contributed by atoms with Crippen LogP contribution in [-0.2, 0) is 11.3 Å². The highest BCUT2D eigenvalue weighted by Crippen LogP contribution is 2.38. The summed E-state index contributed by atoms with van der Waals surface area (Å²) in [5.41, 5.74) is 3.85. The largest absolute Gasteiger partial charge is 0.482 e. The Balaban J connectivity index is 1.50. The first-order valence-corrected chi connectivity index (χ1v) is 10.4. The van der Waals surface area contributed by atoms with Gasteiger partial charge in [0.05, 0.1) is 17.9 Å². The number of halogens is 1. The van der Waals surface area contributed by atoms with Gasteiger partial charge in [-0.2, -0.15) is 0 Å². The van der Waals surface area contributed by atoms with Crippen molar-refractivity contribution in [2.45, 2.75) is 6.54 Å². The van der Waals surface area contributed by atoms with E-state index in [0.717, 1.165) is 21.8 Å². The van der Waals surface area contributed by atoms with Crippen LogP contribution in [0.15, 0.2) is 78.2 Å². The summed E-state index contributed by atoms with van der Waals surface area (Å²) in [7, 11) is 0. The van der Waals surface area contributed by atoms with E-state index in [2.05, 4.69) is 0 Å². The van der Waals surface area contributed by atoms with Crippen molar-refractivity contribution in [2.75, 3.05) is 11.5 Å². The summed E-state index contributed by atoms with van der Waals surface area (Å²) in [6, 6.07) is 22.1. The lowest BCUT2D eigenvalue weighted by atomic mass is 10.1. The third-order valence-electron chi connectivity index (χ3n) is 5.01. The number of carbonyl (C=O) groups excluding carboxylic acids is 1. The van der Waals surface area contributed by atoms with E-state index in [9.17, 15) is 9.18 Å². The molecule has 0 saturated heterocycles. The maximum absolute atomic E-state index is 14.2. The normalized spacial score (nSPS) is 13.1. The van der Waals surface area contributed by atoms with Gasteiger partial charge in [-0.05, 0) is 24.3 Å². The molecule has 0 aliphatic carbocycles. The summed E-state index contributed by atoms with van der Waals surface area (Å²) < 4.78 is 19.8. The molecule has 0 spiro atoms. The number of hydrogen-bond acceptors (Lipinski definition) is 4. The molecule has 3 aromatic carbocycles. The summed E-state index contributed by atoms with van der Waals surface area (Å²) in [4.78, 5) is 18.9. The number of amides is 1. The van der Waals surface area contributed by atoms with Gasteiger partial charge in [-0.3, -0.25) is 4.79 Å². The van der Waals surface area contributed by atoms with Crippen molar-refractivity contribution in [3.8, 4) is 27.6 Å². The Labute approximate surface area is 177 Å². The molecule has 0 N–H and O–H groups in total. The highest BCUT2D eigenvalue weighted by atomic mass is 32.1. The minimum absolute atomic E-state index is 0.0599. The molecule has 4 nitrogen and oxygen atoms in total. The fourth-order valence-corrected chi connectivity index (χ4v) is 4.29. The minimum atomic E-state index is -0.332. The second kappa shape index (κ2) is 7.72. The third-order valence-corrected chi connectivity index (χ3v) is 5.90. The SMILES string of the molecule is O=C1COc2ccc(-c3csc(-c4ccccc4)n3)cc2N1Cc1ccccc1F. The van der Waals surface area contributed by atoms with Gasteiger partial charge in [0.1, 0.15) is 16.6 Å². The molecule has 0 saturated carbocycles. The van der Waals surface area contributed by atoms with Crippen molar-refractivity contribution in [3.05, 3.63) is 89.6 Å². The van der Waals surface area contributed by atoms with Crippen molar-refractivity contribution in [1.82, 2.24) is 4.98 Å². The van der Waals surface area contributed by atoms with Gasteiger partial charge >= 0.3 is 0 Å². The quantitative estimate of drug-likeness (QED) is 0.439. The number of ether oxygens (including phenoxy) is 1. The van der Waals surface area contributed by atoms with Crippen LogP contribution in [0.1, 0.15) is 5.56 Å². The molecule has 1 aliphatic rings. The van der Waals surface area contributed by atoms with Gasteiger partial charge in [-0.1, -0.05) is 48.5 Å². The van der Waals surface area contributed by atoms with E-state index in [1.54, 1.807) is 34.4 Å². The molecule has 6 heteroatoms. The van der Waals surface area contributed by atoms with E-state index >= 15 is 0 Å².